The fourth-order valence-electron chi connectivity index (χ4n) is 3.42. The molecule has 1 atom stereocenters. The lowest BCUT2D eigenvalue weighted by atomic mass is 10.1. The molecule has 1 aliphatic rings. The molecule has 0 bridgehead atoms. The Hall–Kier alpha value is -2.54. The number of rotatable bonds is 6. The van der Waals surface area contributed by atoms with Crippen LogP contribution in [0.1, 0.15) is 16.8 Å². The SMILES string of the molecule is O=C(CC1C(=O)N(c2ccc(Cl)cc2)C(=S)N1NC(=O)c1ccc(Br)cc1)Nc1ccc(I)cc1. The van der Waals surface area contributed by atoms with Crippen LogP contribution in [0.15, 0.2) is 77.3 Å². The van der Waals surface area contributed by atoms with Gasteiger partial charge in [0, 0.05) is 24.3 Å². The van der Waals surface area contributed by atoms with E-state index >= 15 is 0 Å². The number of carbonyl (C=O) groups excluding carboxylic acids is 3. The third-order valence-electron chi connectivity index (χ3n) is 5.13. The van der Waals surface area contributed by atoms with Crippen LogP contribution in [0.3, 0.4) is 0 Å². The molecule has 1 heterocycles. The van der Waals surface area contributed by atoms with Gasteiger partial charge in [-0.2, -0.15) is 0 Å². The molecular formula is C24H17BrClIN4O3S. The number of halogens is 3. The van der Waals surface area contributed by atoms with Crippen molar-refractivity contribution in [3.8, 4) is 0 Å². The first kappa shape index (κ1) is 25.5. The van der Waals surface area contributed by atoms with Crippen LogP contribution in [0.5, 0.6) is 0 Å². The smallest absolute Gasteiger partial charge is 0.269 e. The van der Waals surface area contributed by atoms with Gasteiger partial charge in [-0.05, 0) is 108 Å². The average Bonchev–Trinajstić information content (AvgIpc) is 3.05. The van der Waals surface area contributed by atoms with Crippen LogP contribution in [-0.2, 0) is 9.59 Å². The molecule has 7 nitrogen and oxygen atoms in total. The average molecular weight is 684 g/mol. The summed E-state index contributed by atoms with van der Waals surface area (Å²) in [5.41, 5.74) is 4.15. The van der Waals surface area contributed by atoms with Crippen molar-refractivity contribution in [3.63, 3.8) is 0 Å². The molecule has 0 aromatic heterocycles. The van der Waals surface area contributed by atoms with E-state index in [1.807, 2.05) is 12.1 Å². The van der Waals surface area contributed by atoms with E-state index < -0.39 is 23.8 Å². The molecule has 2 N–H and O–H groups in total. The first-order valence-corrected chi connectivity index (χ1v) is 12.9. The highest BCUT2D eigenvalue weighted by atomic mass is 127. The van der Waals surface area contributed by atoms with Crippen LogP contribution in [0, 0.1) is 3.57 Å². The minimum atomic E-state index is -1.04. The van der Waals surface area contributed by atoms with Crippen LogP contribution >= 0.6 is 62.3 Å². The number of thiocarbonyl (C=S) groups is 1. The van der Waals surface area contributed by atoms with E-state index in [1.165, 1.54) is 9.91 Å². The Balaban J connectivity index is 1.59. The van der Waals surface area contributed by atoms with E-state index in [0.29, 0.717) is 22.0 Å². The number of nitrogens with zero attached hydrogens (tertiary/aromatic N) is 2. The molecule has 3 amide bonds. The van der Waals surface area contributed by atoms with Gasteiger partial charge in [-0.15, -0.1) is 0 Å². The standard InChI is InChI=1S/C24H17BrClIN4O3S/c25-15-3-1-14(2-4-15)22(33)29-31-20(13-21(32)28-18-9-7-17(27)8-10-18)23(34)30(24(31)35)19-11-5-16(26)6-12-19/h1-12,20H,13H2,(H,28,32)(H,29,33). The summed E-state index contributed by atoms with van der Waals surface area (Å²) in [6.07, 6.45) is -0.227. The molecule has 3 aromatic carbocycles. The number of anilines is 2. The quantitative estimate of drug-likeness (QED) is 0.270. The zero-order valence-electron chi connectivity index (χ0n) is 17.9. The van der Waals surface area contributed by atoms with Crippen LogP contribution in [0.25, 0.3) is 0 Å². The second kappa shape index (κ2) is 11.0. The summed E-state index contributed by atoms with van der Waals surface area (Å²) in [5.74, 6) is -1.30. The van der Waals surface area contributed by atoms with Gasteiger partial charge in [-0.1, -0.05) is 27.5 Å². The maximum absolute atomic E-state index is 13.4. The second-order valence-corrected chi connectivity index (χ2v) is 10.5. The fourth-order valence-corrected chi connectivity index (χ4v) is 4.54. The molecule has 0 radical (unpaired) electrons. The van der Waals surface area contributed by atoms with Crippen LogP contribution in [-0.4, -0.2) is 33.9 Å². The Morgan fingerprint density at radius 3 is 2.26 bits per heavy atom. The molecule has 0 spiro atoms. The summed E-state index contributed by atoms with van der Waals surface area (Å²) in [7, 11) is 0. The van der Waals surface area contributed by atoms with Gasteiger partial charge >= 0.3 is 0 Å². The summed E-state index contributed by atoms with van der Waals surface area (Å²) in [4.78, 5) is 40.5. The second-order valence-electron chi connectivity index (χ2n) is 7.53. The third-order valence-corrected chi connectivity index (χ3v) is 7.01. The summed E-state index contributed by atoms with van der Waals surface area (Å²) >= 11 is 17.1. The predicted molar refractivity (Wildman–Crippen MR) is 151 cm³/mol. The number of carbonyl (C=O) groups is 3. The van der Waals surface area contributed by atoms with Crippen molar-refractivity contribution >= 4 is 96.5 Å². The molecule has 0 aliphatic carbocycles. The van der Waals surface area contributed by atoms with Crippen molar-refractivity contribution in [3.05, 3.63) is 91.4 Å². The van der Waals surface area contributed by atoms with Crippen molar-refractivity contribution in [1.29, 1.82) is 0 Å². The molecule has 35 heavy (non-hydrogen) atoms. The highest BCUT2D eigenvalue weighted by Gasteiger charge is 2.45. The monoisotopic (exact) mass is 682 g/mol. The van der Waals surface area contributed by atoms with Crippen molar-refractivity contribution in [2.75, 3.05) is 10.2 Å². The maximum Gasteiger partial charge on any atom is 0.269 e. The fraction of sp³-hybridized carbons (Fsp3) is 0.0833. The van der Waals surface area contributed by atoms with E-state index in [2.05, 4.69) is 49.3 Å². The first-order valence-electron chi connectivity index (χ1n) is 10.3. The molecular weight excluding hydrogens is 667 g/mol. The predicted octanol–water partition coefficient (Wildman–Crippen LogP) is 5.38. The summed E-state index contributed by atoms with van der Waals surface area (Å²) in [6.45, 7) is 0. The van der Waals surface area contributed by atoms with E-state index in [4.69, 9.17) is 23.8 Å². The number of benzene rings is 3. The molecule has 4 rings (SSSR count). The Bertz CT molecular complexity index is 1290. The van der Waals surface area contributed by atoms with E-state index in [-0.39, 0.29) is 11.5 Å². The molecule has 1 fully saturated rings. The van der Waals surface area contributed by atoms with Crippen LogP contribution in [0.2, 0.25) is 5.02 Å². The van der Waals surface area contributed by atoms with Gasteiger partial charge in [0.25, 0.3) is 11.8 Å². The Morgan fingerprint density at radius 2 is 1.63 bits per heavy atom. The summed E-state index contributed by atoms with van der Waals surface area (Å²) < 4.78 is 1.84. The van der Waals surface area contributed by atoms with Gasteiger partial charge in [0.05, 0.1) is 12.1 Å². The first-order chi connectivity index (χ1) is 16.7. The molecule has 1 aliphatic heterocycles. The molecule has 1 unspecified atom stereocenters. The number of amides is 3. The summed E-state index contributed by atoms with van der Waals surface area (Å²) in [5, 5.41) is 4.61. The number of hydrazine groups is 1. The van der Waals surface area contributed by atoms with Crippen LogP contribution in [0.4, 0.5) is 11.4 Å². The lowest BCUT2D eigenvalue weighted by Crippen LogP contribution is -2.49. The highest BCUT2D eigenvalue weighted by Crippen LogP contribution is 2.28. The van der Waals surface area contributed by atoms with Gasteiger partial charge in [-0.3, -0.25) is 24.7 Å². The summed E-state index contributed by atoms with van der Waals surface area (Å²) in [6, 6.07) is 19.5. The van der Waals surface area contributed by atoms with Gasteiger partial charge < -0.3 is 5.32 Å². The largest absolute Gasteiger partial charge is 0.326 e. The maximum atomic E-state index is 13.4. The molecule has 11 heteroatoms. The molecule has 1 saturated heterocycles. The van der Waals surface area contributed by atoms with E-state index in [1.54, 1.807) is 60.7 Å². The Kier molecular flexibility index (Phi) is 8.05. The number of hydrogen-bond acceptors (Lipinski definition) is 4. The van der Waals surface area contributed by atoms with Gasteiger partial charge in [0.15, 0.2) is 0 Å². The number of nitrogens with one attached hydrogen (secondary N) is 2. The van der Waals surface area contributed by atoms with Gasteiger partial charge in [-0.25, -0.2) is 5.01 Å². The van der Waals surface area contributed by atoms with Gasteiger partial charge in [0.2, 0.25) is 11.0 Å². The highest BCUT2D eigenvalue weighted by molar-refractivity contribution is 14.1. The topological polar surface area (TPSA) is 81.8 Å². The minimum absolute atomic E-state index is 0.0508. The van der Waals surface area contributed by atoms with Crippen molar-refractivity contribution < 1.29 is 14.4 Å². The van der Waals surface area contributed by atoms with Crippen molar-refractivity contribution in [2.24, 2.45) is 0 Å². The van der Waals surface area contributed by atoms with Crippen molar-refractivity contribution in [2.45, 2.75) is 12.5 Å². The van der Waals surface area contributed by atoms with E-state index in [0.717, 1.165) is 8.04 Å². The molecule has 3 aromatic rings. The normalized spacial score (nSPS) is 15.3. The zero-order chi connectivity index (χ0) is 25.1. The molecule has 178 valence electrons. The lowest BCUT2D eigenvalue weighted by molar-refractivity contribution is -0.124. The number of hydrogen-bond donors (Lipinski definition) is 2. The molecule has 0 saturated carbocycles. The minimum Gasteiger partial charge on any atom is -0.326 e. The third kappa shape index (κ3) is 6.00. The van der Waals surface area contributed by atoms with E-state index in [9.17, 15) is 14.4 Å². The lowest BCUT2D eigenvalue weighted by Gasteiger charge is -2.24. The van der Waals surface area contributed by atoms with Crippen LogP contribution < -0.4 is 15.6 Å². The van der Waals surface area contributed by atoms with Crippen molar-refractivity contribution in [1.82, 2.24) is 10.4 Å². The Morgan fingerprint density at radius 1 is 1.00 bits per heavy atom. The van der Waals surface area contributed by atoms with Gasteiger partial charge in [0.1, 0.15) is 6.04 Å². The Labute approximate surface area is 234 Å². The zero-order valence-corrected chi connectivity index (χ0v) is 23.2.